The number of aliphatic imine (C=N–C) groups is 1. The van der Waals surface area contributed by atoms with Crippen molar-refractivity contribution >= 4 is 5.96 Å². The topological polar surface area (TPSA) is 84.4 Å². The van der Waals surface area contributed by atoms with Gasteiger partial charge in [-0.25, -0.2) is 0 Å². The van der Waals surface area contributed by atoms with E-state index in [-0.39, 0.29) is 5.92 Å². The van der Waals surface area contributed by atoms with Gasteiger partial charge < -0.3 is 14.7 Å². The Morgan fingerprint density at radius 3 is 2.96 bits per heavy atom. The lowest BCUT2D eigenvalue weighted by molar-refractivity contribution is 0.370. The van der Waals surface area contributed by atoms with E-state index in [0.717, 1.165) is 37.8 Å². The van der Waals surface area contributed by atoms with Gasteiger partial charge in [0.1, 0.15) is 0 Å². The van der Waals surface area contributed by atoms with Crippen molar-refractivity contribution in [2.75, 3.05) is 26.7 Å². The molecule has 0 radical (unpaired) electrons. The minimum absolute atomic E-state index is 0.287. The van der Waals surface area contributed by atoms with Gasteiger partial charge in [-0.05, 0) is 24.3 Å². The predicted molar refractivity (Wildman–Crippen MR) is 100 cm³/mol. The molecule has 8 nitrogen and oxygen atoms in total. The first-order chi connectivity index (χ1) is 12.5. The molecule has 2 aromatic heterocycles. The van der Waals surface area contributed by atoms with E-state index >= 15 is 0 Å². The second-order valence-corrected chi connectivity index (χ2v) is 7.25. The van der Waals surface area contributed by atoms with E-state index in [1.165, 1.54) is 12.0 Å². The van der Waals surface area contributed by atoms with Crippen LogP contribution in [0.3, 0.4) is 0 Å². The molecule has 1 atom stereocenters. The second kappa shape index (κ2) is 8.33. The highest BCUT2D eigenvalue weighted by Gasteiger charge is 2.25. The van der Waals surface area contributed by atoms with Gasteiger partial charge in [0.25, 0.3) is 0 Å². The van der Waals surface area contributed by atoms with Crippen LogP contribution in [0.1, 0.15) is 43.5 Å². The van der Waals surface area contributed by atoms with E-state index in [0.29, 0.717) is 18.2 Å². The number of hydrogen-bond acceptors (Lipinski definition) is 5. The molecule has 0 aliphatic carbocycles. The van der Waals surface area contributed by atoms with Gasteiger partial charge >= 0.3 is 0 Å². The van der Waals surface area contributed by atoms with Crippen molar-refractivity contribution in [2.45, 2.75) is 39.0 Å². The standard InChI is InChI=1S/C18H29N7O/c1-13(2)17-22-16(26-23-17)5-7-20-18(19-3)25-8-6-14(12-25)9-15-10-21-24(4)11-15/h10-11,13-14H,5-9,12H2,1-4H3,(H,19,20). The molecule has 3 rings (SSSR count). The minimum Gasteiger partial charge on any atom is -0.356 e. The fourth-order valence-corrected chi connectivity index (χ4v) is 3.32. The zero-order valence-corrected chi connectivity index (χ0v) is 16.1. The number of hydrogen-bond donors (Lipinski definition) is 1. The molecule has 26 heavy (non-hydrogen) atoms. The first-order valence-electron chi connectivity index (χ1n) is 9.30. The number of aryl methyl sites for hydroxylation is 1. The summed E-state index contributed by atoms with van der Waals surface area (Å²) in [5, 5.41) is 11.7. The smallest absolute Gasteiger partial charge is 0.228 e. The second-order valence-electron chi connectivity index (χ2n) is 7.25. The van der Waals surface area contributed by atoms with E-state index in [2.05, 4.69) is 50.5 Å². The molecular formula is C18H29N7O. The van der Waals surface area contributed by atoms with Crippen molar-refractivity contribution in [3.8, 4) is 0 Å². The Kier molecular flexibility index (Phi) is 5.90. The maximum absolute atomic E-state index is 5.29. The highest BCUT2D eigenvalue weighted by molar-refractivity contribution is 5.80. The number of likely N-dealkylation sites (tertiary alicyclic amines) is 1. The Morgan fingerprint density at radius 1 is 1.46 bits per heavy atom. The van der Waals surface area contributed by atoms with Gasteiger partial charge in [-0.3, -0.25) is 9.67 Å². The lowest BCUT2D eigenvalue weighted by Gasteiger charge is -2.21. The van der Waals surface area contributed by atoms with Gasteiger partial charge in [0.05, 0.1) is 6.20 Å². The lowest BCUT2D eigenvalue weighted by atomic mass is 10.0. The van der Waals surface area contributed by atoms with Crippen LogP contribution >= 0.6 is 0 Å². The van der Waals surface area contributed by atoms with Crippen LogP contribution in [-0.4, -0.2) is 57.5 Å². The quantitative estimate of drug-likeness (QED) is 0.623. The van der Waals surface area contributed by atoms with E-state index in [1.54, 1.807) is 0 Å². The van der Waals surface area contributed by atoms with Crippen molar-refractivity contribution in [1.29, 1.82) is 0 Å². The Hall–Kier alpha value is -2.38. The molecule has 1 unspecified atom stereocenters. The molecule has 142 valence electrons. The number of nitrogens with zero attached hydrogens (tertiary/aromatic N) is 6. The summed E-state index contributed by atoms with van der Waals surface area (Å²) in [4.78, 5) is 11.2. The van der Waals surface area contributed by atoms with Gasteiger partial charge in [-0.1, -0.05) is 19.0 Å². The monoisotopic (exact) mass is 359 g/mol. The molecule has 3 heterocycles. The third kappa shape index (κ3) is 4.62. The average Bonchev–Trinajstić information content (AvgIpc) is 3.34. The zero-order chi connectivity index (χ0) is 18.5. The van der Waals surface area contributed by atoms with Crippen molar-refractivity contribution < 1.29 is 4.52 Å². The maximum atomic E-state index is 5.29. The van der Waals surface area contributed by atoms with Gasteiger partial charge in [0.15, 0.2) is 11.8 Å². The normalized spacial score (nSPS) is 18.1. The highest BCUT2D eigenvalue weighted by Crippen LogP contribution is 2.20. The molecule has 0 bridgehead atoms. The number of guanidine groups is 1. The van der Waals surface area contributed by atoms with E-state index in [9.17, 15) is 0 Å². The molecule has 1 N–H and O–H groups in total. The summed E-state index contributed by atoms with van der Waals surface area (Å²) in [6.45, 7) is 6.90. The molecule has 0 amide bonds. The zero-order valence-electron chi connectivity index (χ0n) is 16.1. The number of rotatable bonds is 6. The van der Waals surface area contributed by atoms with Crippen LogP contribution in [0.2, 0.25) is 0 Å². The van der Waals surface area contributed by atoms with E-state index in [1.807, 2.05) is 25.0 Å². The fraction of sp³-hybridized carbons (Fsp3) is 0.667. The van der Waals surface area contributed by atoms with Crippen molar-refractivity contribution in [3.63, 3.8) is 0 Å². The Labute approximate surface area is 154 Å². The number of nitrogens with one attached hydrogen (secondary N) is 1. The fourth-order valence-electron chi connectivity index (χ4n) is 3.32. The first kappa shape index (κ1) is 18.4. The summed E-state index contributed by atoms with van der Waals surface area (Å²) in [7, 11) is 3.80. The van der Waals surface area contributed by atoms with Crippen LogP contribution in [0.25, 0.3) is 0 Å². The summed E-state index contributed by atoms with van der Waals surface area (Å²) in [6.07, 6.45) is 7.01. The van der Waals surface area contributed by atoms with Crippen molar-refractivity contribution in [3.05, 3.63) is 29.7 Å². The van der Waals surface area contributed by atoms with Gasteiger partial charge in [-0.15, -0.1) is 0 Å². The first-order valence-corrected chi connectivity index (χ1v) is 9.30. The van der Waals surface area contributed by atoms with Crippen LogP contribution in [0.15, 0.2) is 21.9 Å². The predicted octanol–water partition coefficient (Wildman–Crippen LogP) is 1.61. The lowest BCUT2D eigenvalue weighted by Crippen LogP contribution is -2.41. The Balaban J connectivity index is 1.45. The van der Waals surface area contributed by atoms with Crippen LogP contribution in [0.4, 0.5) is 0 Å². The molecule has 1 saturated heterocycles. The van der Waals surface area contributed by atoms with Crippen LogP contribution in [-0.2, 0) is 19.9 Å². The van der Waals surface area contributed by atoms with Crippen LogP contribution in [0, 0.1) is 5.92 Å². The SMILES string of the molecule is CN=C(NCCc1nc(C(C)C)no1)N1CCC(Cc2cnn(C)c2)C1. The summed E-state index contributed by atoms with van der Waals surface area (Å²) in [5.74, 6) is 3.31. The van der Waals surface area contributed by atoms with E-state index < -0.39 is 0 Å². The molecule has 1 fully saturated rings. The van der Waals surface area contributed by atoms with Crippen molar-refractivity contribution in [2.24, 2.45) is 18.0 Å². The third-order valence-electron chi connectivity index (χ3n) is 4.70. The summed E-state index contributed by atoms with van der Waals surface area (Å²) < 4.78 is 7.16. The maximum Gasteiger partial charge on any atom is 0.228 e. The van der Waals surface area contributed by atoms with Gasteiger partial charge in [0.2, 0.25) is 5.89 Å². The number of aromatic nitrogens is 4. The third-order valence-corrected chi connectivity index (χ3v) is 4.70. The minimum atomic E-state index is 0.287. The average molecular weight is 359 g/mol. The van der Waals surface area contributed by atoms with Crippen LogP contribution in [0.5, 0.6) is 0 Å². The molecule has 1 aliphatic rings. The molecule has 0 aromatic carbocycles. The largest absolute Gasteiger partial charge is 0.356 e. The summed E-state index contributed by atoms with van der Waals surface area (Å²) in [6, 6.07) is 0. The highest BCUT2D eigenvalue weighted by atomic mass is 16.5. The summed E-state index contributed by atoms with van der Waals surface area (Å²) in [5.41, 5.74) is 1.31. The van der Waals surface area contributed by atoms with Crippen molar-refractivity contribution in [1.82, 2.24) is 30.1 Å². The molecule has 8 heteroatoms. The molecule has 0 spiro atoms. The molecule has 1 aliphatic heterocycles. The van der Waals surface area contributed by atoms with Crippen LogP contribution < -0.4 is 5.32 Å². The molecule has 2 aromatic rings. The summed E-state index contributed by atoms with van der Waals surface area (Å²) >= 11 is 0. The Bertz CT molecular complexity index is 733. The molecular weight excluding hydrogens is 330 g/mol. The van der Waals surface area contributed by atoms with Gasteiger partial charge in [0, 0.05) is 52.3 Å². The van der Waals surface area contributed by atoms with Gasteiger partial charge in [-0.2, -0.15) is 10.1 Å². The molecule has 0 saturated carbocycles. The Morgan fingerprint density at radius 2 is 2.31 bits per heavy atom. The van der Waals surface area contributed by atoms with E-state index in [4.69, 9.17) is 4.52 Å².